The number of ether oxygens (including phenoxy) is 4. The number of para-hydroxylation sites is 2. The molecule has 8 nitrogen and oxygen atoms in total. The molecule has 2 aromatic carbocycles. The highest BCUT2D eigenvalue weighted by molar-refractivity contribution is 5.77. The zero-order valence-electron chi connectivity index (χ0n) is 20.1. The van der Waals surface area contributed by atoms with Gasteiger partial charge in [-0.1, -0.05) is 49.7 Å². The second-order valence-electron chi connectivity index (χ2n) is 7.82. The summed E-state index contributed by atoms with van der Waals surface area (Å²) >= 11 is 0. The number of fused-ring (bicyclic) bond motifs is 1. The van der Waals surface area contributed by atoms with Gasteiger partial charge < -0.3 is 18.9 Å². The van der Waals surface area contributed by atoms with Gasteiger partial charge in [-0.2, -0.15) is 4.98 Å². The van der Waals surface area contributed by atoms with Gasteiger partial charge in [-0.25, -0.2) is 9.97 Å². The number of nitrogens with zero attached hydrogens (tertiary/aromatic N) is 4. The maximum atomic E-state index is 5.61. The van der Waals surface area contributed by atoms with Crippen LogP contribution >= 0.6 is 0 Å². The van der Waals surface area contributed by atoms with E-state index in [2.05, 4.69) is 21.9 Å². The largest absolute Gasteiger partial charge is 0.480 e. The Labute approximate surface area is 205 Å². The zero-order chi connectivity index (χ0) is 24.3. The molecule has 2 aromatic heterocycles. The lowest BCUT2D eigenvalue weighted by Gasteiger charge is -2.11. The molecule has 0 saturated carbocycles. The monoisotopic (exact) mass is 474 g/mol. The molecule has 0 aliphatic carbocycles. The van der Waals surface area contributed by atoms with E-state index in [0.29, 0.717) is 32.3 Å². The Bertz CT molecular complexity index is 1220. The van der Waals surface area contributed by atoms with Crippen LogP contribution in [0.3, 0.4) is 0 Å². The van der Waals surface area contributed by atoms with Crippen LogP contribution in [0.4, 0.5) is 0 Å². The number of hydrogen-bond acceptors (Lipinski definition) is 8. The van der Waals surface area contributed by atoms with Crippen LogP contribution < -0.4 is 9.47 Å². The molecule has 0 N–H and O–H groups in total. The van der Waals surface area contributed by atoms with Crippen molar-refractivity contribution >= 4 is 11.0 Å². The van der Waals surface area contributed by atoms with Gasteiger partial charge in [0.15, 0.2) is 0 Å². The molecule has 0 radical (unpaired) electrons. The van der Waals surface area contributed by atoms with Crippen LogP contribution in [-0.4, -0.2) is 60.1 Å². The fourth-order valence-electron chi connectivity index (χ4n) is 3.45. The van der Waals surface area contributed by atoms with Crippen molar-refractivity contribution in [2.45, 2.75) is 19.8 Å². The van der Waals surface area contributed by atoms with E-state index in [-0.39, 0.29) is 6.01 Å². The normalized spacial score (nSPS) is 11.0. The predicted molar refractivity (Wildman–Crippen MR) is 135 cm³/mol. The maximum Gasteiger partial charge on any atom is 0.319 e. The number of benzene rings is 2. The minimum atomic E-state index is 0.247. The first-order chi connectivity index (χ1) is 17.3. The van der Waals surface area contributed by atoms with E-state index < -0.39 is 0 Å². The number of methoxy groups -OCH3 is 1. The lowest BCUT2D eigenvalue weighted by molar-refractivity contribution is 0.0344. The number of unbranched alkanes of at least 4 members (excludes halogenated alkanes) is 1. The first-order valence-electron chi connectivity index (χ1n) is 11.8. The Morgan fingerprint density at radius 2 is 1.43 bits per heavy atom. The molecular weight excluding hydrogens is 444 g/mol. The summed E-state index contributed by atoms with van der Waals surface area (Å²) in [6.07, 6.45) is 5.69. The minimum Gasteiger partial charge on any atom is -0.480 e. The van der Waals surface area contributed by atoms with Crippen molar-refractivity contribution < 1.29 is 18.9 Å². The van der Waals surface area contributed by atoms with Gasteiger partial charge in [0.1, 0.15) is 6.61 Å². The quantitative estimate of drug-likeness (QED) is 0.251. The van der Waals surface area contributed by atoms with Gasteiger partial charge in [-0.15, -0.1) is 0 Å². The Kier molecular flexibility index (Phi) is 8.91. The van der Waals surface area contributed by atoms with Gasteiger partial charge in [0.25, 0.3) is 0 Å². The lowest BCUT2D eigenvalue weighted by Crippen LogP contribution is -2.12. The zero-order valence-corrected chi connectivity index (χ0v) is 20.1. The first-order valence-corrected chi connectivity index (χ1v) is 11.8. The molecule has 0 fully saturated rings. The van der Waals surface area contributed by atoms with E-state index >= 15 is 0 Å². The highest BCUT2D eigenvalue weighted by atomic mass is 16.5. The molecular formula is C27H30N4O4. The molecule has 4 aromatic rings. The van der Waals surface area contributed by atoms with Crippen molar-refractivity contribution in [3.8, 4) is 34.3 Å². The summed E-state index contributed by atoms with van der Waals surface area (Å²) in [6.45, 7) is 4.82. The highest BCUT2D eigenvalue weighted by Gasteiger charge is 2.12. The molecule has 4 rings (SSSR count). The molecule has 0 spiro atoms. The van der Waals surface area contributed by atoms with Gasteiger partial charge in [-0.3, -0.25) is 4.98 Å². The van der Waals surface area contributed by atoms with Crippen LogP contribution in [0.1, 0.15) is 19.8 Å². The smallest absolute Gasteiger partial charge is 0.319 e. The van der Waals surface area contributed by atoms with E-state index in [1.54, 1.807) is 19.5 Å². The Hall–Kier alpha value is -3.62. The molecule has 0 unspecified atom stereocenters. The molecule has 0 aliphatic heterocycles. The summed E-state index contributed by atoms with van der Waals surface area (Å²) in [5.41, 5.74) is 5.24. The molecule has 0 bridgehead atoms. The highest BCUT2D eigenvalue weighted by Crippen LogP contribution is 2.30. The van der Waals surface area contributed by atoms with Crippen LogP contribution in [-0.2, 0) is 9.47 Å². The van der Waals surface area contributed by atoms with Crippen LogP contribution in [0.2, 0.25) is 0 Å². The van der Waals surface area contributed by atoms with Crippen molar-refractivity contribution in [1.82, 2.24) is 19.9 Å². The van der Waals surface area contributed by atoms with Gasteiger partial charge in [-0.05, 0) is 24.1 Å². The number of aromatic nitrogens is 4. The molecule has 0 amide bonds. The number of hydrogen-bond donors (Lipinski definition) is 0. The van der Waals surface area contributed by atoms with Crippen molar-refractivity contribution in [3.05, 3.63) is 60.9 Å². The molecule has 0 aliphatic rings. The van der Waals surface area contributed by atoms with E-state index in [0.717, 1.165) is 52.9 Å². The third kappa shape index (κ3) is 6.71. The van der Waals surface area contributed by atoms with Crippen molar-refractivity contribution in [2.24, 2.45) is 0 Å². The molecule has 8 heteroatoms. The van der Waals surface area contributed by atoms with Crippen molar-refractivity contribution in [2.75, 3.05) is 40.1 Å². The van der Waals surface area contributed by atoms with Crippen LogP contribution in [0, 0.1) is 0 Å². The Morgan fingerprint density at radius 3 is 2.20 bits per heavy atom. The number of rotatable bonds is 13. The maximum absolute atomic E-state index is 5.61. The summed E-state index contributed by atoms with van der Waals surface area (Å²) in [5.74, 6) is 0.443. The summed E-state index contributed by atoms with van der Waals surface area (Å²) < 4.78 is 22.1. The van der Waals surface area contributed by atoms with Crippen molar-refractivity contribution in [3.63, 3.8) is 0 Å². The predicted octanol–water partition coefficient (Wildman–Crippen LogP) is 4.97. The topological polar surface area (TPSA) is 88.5 Å². The third-order valence-electron chi connectivity index (χ3n) is 5.34. The van der Waals surface area contributed by atoms with Crippen molar-refractivity contribution in [1.29, 1.82) is 0 Å². The van der Waals surface area contributed by atoms with Crippen LogP contribution in [0.5, 0.6) is 11.9 Å². The fourth-order valence-corrected chi connectivity index (χ4v) is 3.45. The fraction of sp³-hybridized carbons (Fsp3) is 0.333. The van der Waals surface area contributed by atoms with E-state index in [1.165, 1.54) is 0 Å². The second kappa shape index (κ2) is 12.7. The molecule has 0 atom stereocenters. The Balaban J connectivity index is 1.34. The molecule has 35 heavy (non-hydrogen) atoms. The summed E-state index contributed by atoms with van der Waals surface area (Å²) in [4.78, 5) is 17.9. The second-order valence-corrected chi connectivity index (χ2v) is 7.82. The average Bonchev–Trinajstić information content (AvgIpc) is 2.92. The van der Waals surface area contributed by atoms with E-state index in [1.807, 2.05) is 48.5 Å². The van der Waals surface area contributed by atoms with Gasteiger partial charge in [0.2, 0.25) is 5.88 Å². The molecule has 0 saturated heterocycles. The Morgan fingerprint density at radius 1 is 0.714 bits per heavy atom. The van der Waals surface area contributed by atoms with E-state index in [9.17, 15) is 0 Å². The van der Waals surface area contributed by atoms with Gasteiger partial charge >= 0.3 is 6.01 Å². The van der Waals surface area contributed by atoms with Gasteiger partial charge in [0.05, 0.1) is 55.4 Å². The summed E-state index contributed by atoms with van der Waals surface area (Å²) in [6, 6.07) is 16.1. The van der Waals surface area contributed by atoms with Crippen LogP contribution in [0.15, 0.2) is 60.9 Å². The van der Waals surface area contributed by atoms with E-state index in [4.69, 9.17) is 23.9 Å². The van der Waals surface area contributed by atoms with Crippen LogP contribution in [0.25, 0.3) is 33.4 Å². The standard InChI is InChI=1S/C27H30N4O4/c1-3-4-13-33-14-15-34-16-17-35-27-29-18-22(26(31-27)32-2)20-9-11-21(12-10-20)25-19-28-23-7-5-6-8-24(23)30-25/h5-12,18-19H,3-4,13-17H2,1-2H3. The molecule has 182 valence electrons. The molecule has 2 heterocycles. The minimum absolute atomic E-state index is 0.247. The summed E-state index contributed by atoms with van der Waals surface area (Å²) in [5, 5.41) is 0. The first kappa shape index (κ1) is 24.5. The third-order valence-corrected chi connectivity index (χ3v) is 5.34. The summed E-state index contributed by atoms with van der Waals surface area (Å²) in [7, 11) is 1.58. The SMILES string of the molecule is CCCCOCCOCCOc1ncc(-c2ccc(-c3cnc4ccccc4n3)cc2)c(OC)n1. The van der Waals surface area contributed by atoms with Gasteiger partial charge in [0, 0.05) is 18.4 Å². The average molecular weight is 475 g/mol. The lowest BCUT2D eigenvalue weighted by atomic mass is 10.0.